The summed E-state index contributed by atoms with van der Waals surface area (Å²) in [4.78, 5) is 6.03. The number of aliphatic imine (C=N–C) groups is 1. The van der Waals surface area contributed by atoms with Crippen molar-refractivity contribution in [2.75, 3.05) is 6.67 Å². The second-order valence-corrected chi connectivity index (χ2v) is 5.10. The fraction of sp³-hybridized carbons (Fsp3) is 0.154. The van der Waals surface area contributed by atoms with Crippen LogP contribution in [0.3, 0.4) is 0 Å². The molecule has 2 heterocycles. The number of nitrogens with zero attached hydrogens (tertiary/aromatic N) is 2. The summed E-state index contributed by atoms with van der Waals surface area (Å²) in [6.07, 6.45) is 4.05. The molecular weight excluding hydrogens is 278 g/mol. The van der Waals surface area contributed by atoms with Crippen molar-refractivity contribution in [3.05, 3.63) is 53.9 Å². The number of nitrogens with one attached hydrogen (secondary N) is 1. The molecule has 0 saturated carbocycles. The summed E-state index contributed by atoms with van der Waals surface area (Å²) in [5, 5.41) is 0. The topological polar surface area (TPSA) is 20.0 Å². The third-order valence-corrected chi connectivity index (χ3v) is 3.59. The molecule has 1 unspecified atom stereocenters. The Bertz CT molecular complexity index is 531. The maximum absolute atomic E-state index is 4.72. The van der Waals surface area contributed by atoms with E-state index in [4.69, 9.17) is 4.99 Å². The van der Waals surface area contributed by atoms with Crippen LogP contribution in [0.5, 0.6) is 0 Å². The van der Waals surface area contributed by atoms with Crippen LogP contribution in [0, 0.1) is 0 Å². The van der Waals surface area contributed by atoms with Crippen LogP contribution in [0.25, 0.3) is 5.70 Å². The van der Waals surface area contributed by atoms with Crippen LogP contribution in [0.4, 0.5) is 0 Å². The number of hydrogen-bond acceptors (Lipinski definition) is 2. The first-order valence-electron chi connectivity index (χ1n) is 5.58. The molecule has 1 aromatic rings. The molecule has 0 aromatic heterocycles. The Hall–Kier alpha value is -1.39. The first-order chi connectivity index (χ1) is 8.25. The summed E-state index contributed by atoms with van der Waals surface area (Å²) in [5.41, 5.74) is 3.57. The Labute approximate surface area is 109 Å². The molecule has 1 N–H and O–H groups in total. The Morgan fingerprint density at radius 1 is 1.29 bits per heavy atom. The van der Waals surface area contributed by atoms with E-state index in [-0.39, 0.29) is 0 Å². The lowest BCUT2D eigenvalue weighted by Crippen LogP contribution is -3.13. The number of hydrogen-bond donors (Lipinski definition) is 1. The van der Waals surface area contributed by atoms with Gasteiger partial charge in [0.15, 0.2) is 6.67 Å². The highest BCUT2D eigenvalue weighted by Gasteiger charge is 2.31. The molecule has 2 aliphatic heterocycles. The molecule has 0 aliphatic carbocycles. The molecule has 1 atom stereocenters. The number of allylic oxidation sites excluding steroid dienone is 1. The zero-order valence-corrected chi connectivity index (χ0v) is 11.1. The van der Waals surface area contributed by atoms with E-state index >= 15 is 0 Å². The molecule has 86 valence electrons. The third-order valence-electron chi connectivity index (χ3n) is 3.10. The second kappa shape index (κ2) is 4.13. The van der Waals surface area contributed by atoms with E-state index in [2.05, 4.69) is 47.3 Å². The van der Waals surface area contributed by atoms with Crippen molar-refractivity contribution in [1.82, 2.24) is 3.93 Å². The third kappa shape index (κ3) is 1.83. The predicted octanol–water partition coefficient (Wildman–Crippen LogP) is 1.77. The van der Waals surface area contributed by atoms with E-state index in [0.717, 1.165) is 18.2 Å². The standard InChI is InChI=1S/C13H12BrN3/c1-10-13(11-5-3-2-4-6-11)15-12-7-8-16(14)9-17(10)12/h2-8H,9H2,1H3/p+1. The molecule has 0 bridgehead atoms. The molecule has 0 radical (unpaired) electrons. The Morgan fingerprint density at radius 2 is 2.06 bits per heavy atom. The molecule has 2 aliphatic rings. The lowest BCUT2D eigenvalue weighted by atomic mass is 10.1. The molecule has 4 heteroatoms. The average molecular weight is 291 g/mol. The molecule has 1 aromatic carbocycles. The number of benzene rings is 1. The SMILES string of the molecule is CC1=C(c2ccccc2)N=C2C=CN(Br)C[NH+]21. The fourth-order valence-electron chi connectivity index (χ4n) is 2.18. The Morgan fingerprint density at radius 3 is 2.82 bits per heavy atom. The molecule has 0 amide bonds. The van der Waals surface area contributed by atoms with Gasteiger partial charge in [-0.25, -0.2) is 4.90 Å². The van der Waals surface area contributed by atoms with Gasteiger partial charge < -0.3 is 0 Å². The normalized spacial score (nSPS) is 22.8. The zero-order valence-electron chi connectivity index (χ0n) is 9.52. The van der Waals surface area contributed by atoms with Crippen molar-refractivity contribution in [3.63, 3.8) is 0 Å². The van der Waals surface area contributed by atoms with Crippen molar-refractivity contribution in [2.24, 2.45) is 4.99 Å². The van der Waals surface area contributed by atoms with Crippen LogP contribution in [-0.2, 0) is 0 Å². The minimum absolute atomic E-state index is 0.873. The van der Waals surface area contributed by atoms with Gasteiger partial charge in [0.25, 0.3) is 0 Å². The molecule has 0 spiro atoms. The van der Waals surface area contributed by atoms with Gasteiger partial charge in [0.1, 0.15) is 11.4 Å². The van der Waals surface area contributed by atoms with Crippen LogP contribution in [0.2, 0.25) is 0 Å². The van der Waals surface area contributed by atoms with Gasteiger partial charge in [-0.15, -0.1) is 0 Å². The van der Waals surface area contributed by atoms with Gasteiger partial charge in [-0.2, -0.15) is 4.99 Å². The highest BCUT2D eigenvalue weighted by molar-refractivity contribution is 9.07. The fourth-order valence-corrected chi connectivity index (χ4v) is 2.55. The van der Waals surface area contributed by atoms with E-state index in [1.54, 1.807) is 0 Å². The molecular formula is C13H13BrN3+. The van der Waals surface area contributed by atoms with E-state index in [1.807, 2.05) is 22.3 Å². The molecule has 17 heavy (non-hydrogen) atoms. The van der Waals surface area contributed by atoms with Gasteiger partial charge in [-0.3, -0.25) is 3.93 Å². The number of halogens is 1. The first-order valence-corrected chi connectivity index (χ1v) is 6.29. The molecule has 0 fully saturated rings. The van der Waals surface area contributed by atoms with Crippen LogP contribution < -0.4 is 4.90 Å². The minimum atomic E-state index is 0.873. The van der Waals surface area contributed by atoms with E-state index < -0.39 is 0 Å². The largest absolute Gasteiger partial charge is 0.266 e. The van der Waals surface area contributed by atoms with Crippen molar-refractivity contribution in [2.45, 2.75) is 6.92 Å². The number of rotatable bonds is 1. The zero-order chi connectivity index (χ0) is 11.8. The van der Waals surface area contributed by atoms with Crippen LogP contribution in [-0.4, -0.2) is 16.4 Å². The lowest BCUT2D eigenvalue weighted by molar-refractivity contribution is -0.768. The smallest absolute Gasteiger partial charge is 0.234 e. The Balaban J connectivity index is 2.03. The first kappa shape index (κ1) is 10.7. The van der Waals surface area contributed by atoms with Crippen LogP contribution in [0.1, 0.15) is 12.5 Å². The van der Waals surface area contributed by atoms with E-state index in [9.17, 15) is 0 Å². The van der Waals surface area contributed by atoms with Gasteiger partial charge >= 0.3 is 0 Å². The van der Waals surface area contributed by atoms with Gasteiger partial charge in [0, 0.05) is 24.8 Å². The lowest BCUT2D eigenvalue weighted by Gasteiger charge is -2.22. The summed E-state index contributed by atoms with van der Waals surface area (Å²) in [6.45, 7) is 3.02. The summed E-state index contributed by atoms with van der Waals surface area (Å²) >= 11 is 3.48. The maximum atomic E-state index is 4.72. The maximum Gasteiger partial charge on any atom is 0.234 e. The van der Waals surface area contributed by atoms with Gasteiger partial charge in [-0.05, 0) is 0 Å². The Kier molecular flexibility index (Phi) is 2.61. The van der Waals surface area contributed by atoms with Gasteiger partial charge in [-0.1, -0.05) is 30.3 Å². The monoisotopic (exact) mass is 290 g/mol. The van der Waals surface area contributed by atoms with Crippen molar-refractivity contribution in [3.8, 4) is 0 Å². The van der Waals surface area contributed by atoms with Crippen LogP contribution >= 0.6 is 16.1 Å². The highest BCUT2D eigenvalue weighted by atomic mass is 79.9. The highest BCUT2D eigenvalue weighted by Crippen LogP contribution is 2.21. The number of amidine groups is 1. The summed E-state index contributed by atoms with van der Waals surface area (Å²) in [6, 6.07) is 10.3. The van der Waals surface area contributed by atoms with Gasteiger partial charge in [0.05, 0.1) is 16.1 Å². The summed E-state index contributed by atoms with van der Waals surface area (Å²) in [7, 11) is 0. The van der Waals surface area contributed by atoms with E-state index in [0.29, 0.717) is 0 Å². The number of fused-ring (bicyclic) bond motifs is 1. The molecule has 0 saturated heterocycles. The molecule has 3 rings (SSSR count). The average Bonchev–Trinajstić information content (AvgIpc) is 2.68. The predicted molar refractivity (Wildman–Crippen MR) is 72.2 cm³/mol. The van der Waals surface area contributed by atoms with E-state index in [1.165, 1.54) is 16.2 Å². The summed E-state index contributed by atoms with van der Waals surface area (Å²) < 4.78 is 2.00. The van der Waals surface area contributed by atoms with Gasteiger partial charge in [0.2, 0.25) is 5.84 Å². The van der Waals surface area contributed by atoms with Crippen molar-refractivity contribution in [1.29, 1.82) is 0 Å². The quantitative estimate of drug-likeness (QED) is 0.782. The second-order valence-electron chi connectivity index (χ2n) is 4.19. The van der Waals surface area contributed by atoms with Crippen molar-refractivity contribution >= 4 is 27.7 Å². The number of quaternary nitrogens is 1. The van der Waals surface area contributed by atoms with Crippen LogP contribution in [0.15, 0.2) is 53.3 Å². The van der Waals surface area contributed by atoms with Crippen molar-refractivity contribution < 1.29 is 4.90 Å². The minimum Gasteiger partial charge on any atom is -0.266 e. The summed E-state index contributed by atoms with van der Waals surface area (Å²) in [5.74, 6) is 1.09. The molecule has 3 nitrogen and oxygen atoms in total.